The van der Waals surface area contributed by atoms with Gasteiger partial charge in [0.05, 0.1) is 27.1 Å². The number of nitrogens with two attached hydrogens (primary N) is 1. The van der Waals surface area contributed by atoms with Crippen molar-refractivity contribution >= 4 is 40.3 Å². The maximum Gasteiger partial charge on any atom is 0.125 e. The Kier molecular flexibility index (Phi) is 3.41. The summed E-state index contributed by atoms with van der Waals surface area (Å²) in [6.45, 7) is 0. The monoisotopic (exact) mass is 270 g/mol. The molecule has 0 aliphatic rings. The van der Waals surface area contributed by atoms with Gasteiger partial charge in [0, 0.05) is 0 Å². The average Bonchev–Trinajstić information content (AvgIpc) is 2.28. The van der Waals surface area contributed by atoms with Crippen LogP contribution in [-0.4, -0.2) is 0 Å². The third-order valence-corrected chi connectivity index (χ3v) is 3.05. The fourth-order valence-corrected chi connectivity index (χ4v) is 1.74. The third kappa shape index (κ3) is 2.62. The highest BCUT2D eigenvalue weighted by Gasteiger charge is 2.06. The lowest BCUT2D eigenvalue weighted by Crippen LogP contribution is -1.97. The van der Waals surface area contributed by atoms with Gasteiger partial charge in [0.1, 0.15) is 5.82 Å². The number of benzene rings is 2. The molecular formula is C12H9Cl2FN2. The molecular weight excluding hydrogens is 262 g/mol. The molecule has 0 amide bonds. The third-order valence-electron chi connectivity index (χ3n) is 2.23. The number of nitrogen functional groups attached to an aromatic ring is 1. The van der Waals surface area contributed by atoms with Gasteiger partial charge in [-0.05, 0) is 30.3 Å². The van der Waals surface area contributed by atoms with Crippen LogP contribution in [0.2, 0.25) is 10.0 Å². The van der Waals surface area contributed by atoms with Crippen LogP contribution in [0.1, 0.15) is 0 Å². The highest BCUT2D eigenvalue weighted by atomic mass is 35.5. The summed E-state index contributed by atoms with van der Waals surface area (Å²) in [6.07, 6.45) is 0. The molecule has 0 saturated carbocycles. The van der Waals surface area contributed by atoms with Crippen LogP contribution in [0.5, 0.6) is 0 Å². The van der Waals surface area contributed by atoms with E-state index >= 15 is 0 Å². The topological polar surface area (TPSA) is 38.0 Å². The summed E-state index contributed by atoms with van der Waals surface area (Å²) in [5.74, 6) is -0.384. The van der Waals surface area contributed by atoms with Crippen molar-refractivity contribution in [2.75, 3.05) is 11.1 Å². The highest BCUT2D eigenvalue weighted by Crippen LogP contribution is 2.33. The zero-order valence-corrected chi connectivity index (χ0v) is 10.2. The summed E-state index contributed by atoms with van der Waals surface area (Å²) in [6, 6.07) is 9.30. The van der Waals surface area contributed by atoms with Crippen LogP contribution in [0.25, 0.3) is 0 Å². The normalized spacial score (nSPS) is 10.3. The van der Waals surface area contributed by atoms with Crippen molar-refractivity contribution in [3.63, 3.8) is 0 Å². The van der Waals surface area contributed by atoms with Gasteiger partial charge in [-0.1, -0.05) is 29.3 Å². The molecule has 88 valence electrons. The van der Waals surface area contributed by atoms with Gasteiger partial charge >= 0.3 is 0 Å². The predicted octanol–water partition coefficient (Wildman–Crippen LogP) is 4.46. The Morgan fingerprint density at radius 1 is 1.06 bits per heavy atom. The molecule has 0 fully saturated rings. The molecule has 2 aromatic carbocycles. The van der Waals surface area contributed by atoms with Crippen molar-refractivity contribution in [3.8, 4) is 0 Å². The van der Waals surface area contributed by atoms with Crippen LogP contribution >= 0.6 is 23.2 Å². The Hall–Kier alpha value is -1.45. The van der Waals surface area contributed by atoms with Gasteiger partial charge in [-0.2, -0.15) is 0 Å². The quantitative estimate of drug-likeness (QED) is 0.791. The second-order valence-electron chi connectivity index (χ2n) is 3.46. The molecule has 0 aliphatic heterocycles. The van der Waals surface area contributed by atoms with E-state index in [9.17, 15) is 4.39 Å². The predicted molar refractivity (Wildman–Crippen MR) is 70.6 cm³/mol. The average molecular weight is 271 g/mol. The Morgan fingerprint density at radius 2 is 1.82 bits per heavy atom. The number of hydrogen-bond donors (Lipinski definition) is 2. The number of nitrogens with one attached hydrogen (secondary N) is 1. The lowest BCUT2D eigenvalue weighted by Gasteiger charge is -2.11. The molecule has 0 atom stereocenters. The van der Waals surface area contributed by atoms with Gasteiger partial charge in [-0.25, -0.2) is 4.39 Å². The largest absolute Gasteiger partial charge is 0.397 e. The number of hydrogen-bond acceptors (Lipinski definition) is 2. The number of anilines is 3. The Morgan fingerprint density at radius 3 is 2.53 bits per heavy atom. The van der Waals surface area contributed by atoms with E-state index in [1.165, 1.54) is 12.1 Å². The summed E-state index contributed by atoms with van der Waals surface area (Å²) < 4.78 is 12.9. The van der Waals surface area contributed by atoms with Gasteiger partial charge in [-0.3, -0.25) is 0 Å². The van der Waals surface area contributed by atoms with Crippen LogP contribution in [-0.2, 0) is 0 Å². The maximum absolute atomic E-state index is 12.9. The van der Waals surface area contributed by atoms with Gasteiger partial charge in [0.2, 0.25) is 0 Å². The first-order chi connectivity index (χ1) is 8.08. The molecule has 2 rings (SSSR count). The molecule has 2 nitrogen and oxygen atoms in total. The van der Waals surface area contributed by atoms with Gasteiger partial charge in [0.25, 0.3) is 0 Å². The molecule has 2 aromatic rings. The van der Waals surface area contributed by atoms with Crippen LogP contribution in [0.4, 0.5) is 21.5 Å². The lowest BCUT2D eigenvalue weighted by atomic mass is 10.2. The number of halogens is 3. The maximum atomic E-state index is 12.9. The fraction of sp³-hybridized carbons (Fsp3) is 0. The molecule has 0 unspecified atom stereocenters. The van der Waals surface area contributed by atoms with E-state index in [0.29, 0.717) is 27.1 Å². The molecule has 5 heteroatoms. The van der Waals surface area contributed by atoms with E-state index < -0.39 is 0 Å². The smallest absolute Gasteiger partial charge is 0.125 e. The minimum Gasteiger partial charge on any atom is -0.397 e. The Balaban J connectivity index is 2.35. The van der Waals surface area contributed by atoms with Crippen molar-refractivity contribution in [1.82, 2.24) is 0 Å². The summed E-state index contributed by atoms with van der Waals surface area (Å²) >= 11 is 11.9. The van der Waals surface area contributed by atoms with Crippen molar-refractivity contribution in [1.29, 1.82) is 0 Å². The molecule has 0 saturated heterocycles. The summed E-state index contributed by atoms with van der Waals surface area (Å²) in [5.41, 5.74) is 7.19. The van der Waals surface area contributed by atoms with E-state index in [1.54, 1.807) is 24.3 Å². The van der Waals surface area contributed by atoms with Crippen LogP contribution in [0.15, 0.2) is 36.4 Å². The van der Waals surface area contributed by atoms with E-state index in [4.69, 9.17) is 28.9 Å². The molecule has 0 heterocycles. The van der Waals surface area contributed by atoms with Crippen LogP contribution < -0.4 is 11.1 Å². The van der Waals surface area contributed by atoms with Gasteiger partial charge < -0.3 is 11.1 Å². The van der Waals surface area contributed by atoms with Crippen molar-refractivity contribution < 1.29 is 4.39 Å². The van der Waals surface area contributed by atoms with E-state index in [1.807, 2.05) is 0 Å². The van der Waals surface area contributed by atoms with Gasteiger partial charge in [-0.15, -0.1) is 0 Å². The summed E-state index contributed by atoms with van der Waals surface area (Å²) in [5, 5.41) is 3.84. The minimum atomic E-state index is -0.384. The summed E-state index contributed by atoms with van der Waals surface area (Å²) in [4.78, 5) is 0. The van der Waals surface area contributed by atoms with E-state index in [0.717, 1.165) is 0 Å². The molecule has 0 radical (unpaired) electrons. The Bertz CT molecular complexity index is 558. The van der Waals surface area contributed by atoms with Crippen LogP contribution in [0, 0.1) is 5.82 Å². The zero-order chi connectivity index (χ0) is 12.4. The van der Waals surface area contributed by atoms with Crippen molar-refractivity contribution in [2.45, 2.75) is 0 Å². The molecule has 0 bridgehead atoms. The zero-order valence-electron chi connectivity index (χ0n) is 8.68. The first kappa shape index (κ1) is 12.0. The van der Waals surface area contributed by atoms with E-state index in [2.05, 4.69) is 5.32 Å². The first-order valence-electron chi connectivity index (χ1n) is 4.84. The standard InChI is InChI=1S/C12H9Cl2FN2/c13-8-2-1-3-11(12(8)14)17-10-5-4-7(15)6-9(10)16/h1-6,17H,16H2. The second kappa shape index (κ2) is 4.82. The molecule has 0 aliphatic carbocycles. The molecule has 0 spiro atoms. The highest BCUT2D eigenvalue weighted by molar-refractivity contribution is 6.43. The minimum absolute atomic E-state index is 0.307. The SMILES string of the molecule is Nc1cc(F)ccc1Nc1cccc(Cl)c1Cl. The lowest BCUT2D eigenvalue weighted by molar-refractivity contribution is 0.628. The molecule has 0 aromatic heterocycles. The van der Waals surface area contributed by atoms with E-state index in [-0.39, 0.29) is 5.82 Å². The summed E-state index contributed by atoms with van der Waals surface area (Å²) in [7, 11) is 0. The van der Waals surface area contributed by atoms with Gasteiger partial charge in [0.15, 0.2) is 0 Å². The number of rotatable bonds is 2. The fourth-order valence-electron chi connectivity index (χ4n) is 1.39. The Labute approximate surface area is 108 Å². The van der Waals surface area contributed by atoms with Crippen molar-refractivity contribution in [3.05, 3.63) is 52.3 Å². The molecule has 3 N–H and O–H groups in total. The molecule has 17 heavy (non-hydrogen) atoms. The van der Waals surface area contributed by atoms with Crippen LogP contribution in [0.3, 0.4) is 0 Å². The first-order valence-corrected chi connectivity index (χ1v) is 5.59. The van der Waals surface area contributed by atoms with Crippen molar-refractivity contribution in [2.24, 2.45) is 0 Å². The second-order valence-corrected chi connectivity index (χ2v) is 4.24.